The Morgan fingerprint density at radius 1 is 1.19 bits per heavy atom. The van der Waals surface area contributed by atoms with Gasteiger partial charge in [-0.1, -0.05) is 53.4 Å². The molecule has 1 atom stereocenters. The average molecular weight is 281 g/mol. The van der Waals surface area contributed by atoms with Gasteiger partial charge in [-0.25, -0.2) is 0 Å². The Morgan fingerprint density at radius 3 is 2.50 bits per heavy atom. The summed E-state index contributed by atoms with van der Waals surface area (Å²) in [6.07, 6.45) is 7.42. The third-order valence-electron chi connectivity index (χ3n) is 3.57. The van der Waals surface area contributed by atoms with Crippen molar-refractivity contribution in [2.24, 2.45) is 5.92 Å². The van der Waals surface area contributed by atoms with E-state index in [0.29, 0.717) is 5.92 Å². The summed E-state index contributed by atoms with van der Waals surface area (Å²) < 4.78 is 1.07. The van der Waals surface area contributed by atoms with Crippen LogP contribution in [0.2, 0.25) is 0 Å². The molecule has 2 heteroatoms. The predicted molar refractivity (Wildman–Crippen MR) is 69.5 cm³/mol. The number of carbonyl (C=O) groups is 1. The fourth-order valence-electron chi connectivity index (χ4n) is 2.68. The highest BCUT2D eigenvalue weighted by atomic mass is 79.9. The first-order chi connectivity index (χ1) is 7.83. The molecule has 0 aliphatic heterocycles. The van der Waals surface area contributed by atoms with E-state index in [1.165, 1.54) is 32.1 Å². The molecule has 0 aromatic heterocycles. The highest BCUT2D eigenvalue weighted by Gasteiger charge is 2.25. The zero-order valence-electron chi connectivity index (χ0n) is 9.36. The lowest BCUT2D eigenvalue weighted by Crippen LogP contribution is -2.17. The van der Waals surface area contributed by atoms with Crippen LogP contribution in [0.1, 0.15) is 43.6 Å². The molecule has 0 N–H and O–H groups in total. The first-order valence-electron chi connectivity index (χ1n) is 6.02. The van der Waals surface area contributed by atoms with E-state index in [-0.39, 0.29) is 5.92 Å². The van der Waals surface area contributed by atoms with E-state index in [4.69, 9.17) is 0 Å². The summed E-state index contributed by atoms with van der Waals surface area (Å²) in [6, 6.07) is 8.10. The molecule has 1 saturated carbocycles. The Balaban J connectivity index is 2.21. The lowest BCUT2D eigenvalue weighted by Gasteiger charge is -2.27. The Morgan fingerprint density at radius 2 is 1.88 bits per heavy atom. The van der Waals surface area contributed by atoms with Crippen LogP contribution in [0.4, 0.5) is 0 Å². The topological polar surface area (TPSA) is 17.1 Å². The van der Waals surface area contributed by atoms with Crippen LogP contribution >= 0.6 is 15.9 Å². The molecule has 1 aliphatic carbocycles. The van der Waals surface area contributed by atoms with E-state index in [9.17, 15) is 4.79 Å². The quantitative estimate of drug-likeness (QED) is 0.754. The van der Waals surface area contributed by atoms with E-state index in [2.05, 4.69) is 22.0 Å². The third-order valence-corrected chi connectivity index (χ3v) is 4.29. The van der Waals surface area contributed by atoms with E-state index in [1.807, 2.05) is 18.2 Å². The monoisotopic (exact) mass is 280 g/mol. The molecule has 16 heavy (non-hydrogen) atoms. The maximum Gasteiger partial charge on any atom is 0.127 e. The molecular formula is C14H17BrO. The van der Waals surface area contributed by atoms with Crippen molar-refractivity contribution in [1.82, 2.24) is 0 Å². The van der Waals surface area contributed by atoms with E-state index < -0.39 is 0 Å². The number of halogens is 1. The summed E-state index contributed by atoms with van der Waals surface area (Å²) >= 11 is 3.55. The summed E-state index contributed by atoms with van der Waals surface area (Å²) in [6.45, 7) is 0. The number of aldehydes is 1. The molecular weight excluding hydrogens is 264 g/mol. The van der Waals surface area contributed by atoms with Gasteiger partial charge >= 0.3 is 0 Å². The molecule has 2 rings (SSSR count). The molecule has 1 aliphatic rings. The van der Waals surface area contributed by atoms with Gasteiger partial charge in [-0.3, -0.25) is 0 Å². The molecule has 86 valence electrons. The predicted octanol–water partition coefficient (Wildman–Crippen LogP) is 4.31. The normalized spacial score (nSPS) is 19.3. The van der Waals surface area contributed by atoms with Crippen molar-refractivity contribution in [3.05, 3.63) is 34.3 Å². The van der Waals surface area contributed by atoms with Crippen molar-refractivity contribution in [2.45, 2.75) is 38.0 Å². The van der Waals surface area contributed by atoms with Crippen molar-refractivity contribution in [3.63, 3.8) is 0 Å². The molecule has 1 nitrogen and oxygen atoms in total. The summed E-state index contributed by atoms with van der Waals surface area (Å²) in [7, 11) is 0. The molecule has 1 fully saturated rings. The fraction of sp³-hybridized carbons (Fsp3) is 0.500. The van der Waals surface area contributed by atoms with Crippen LogP contribution in [0, 0.1) is 5.92 Å². The Bertz CT molecular complexity index is 356. The SMILES string of the molecule is O=CC(c1ccccc1Br)C1CCCCC1. The Kier molecular flexibility index (Phi) is 4.16. The van der Waals surface area contributed by atoms with E-state index in [0.717, 1.165) is 16.3 Å². The smallest absolute Gasteiger partial charge is 0.127 e. The van der Waals surface area contributed by atoms with E-state index in [1.54, 1.807) is 0 Å². The largest absolute Gasteiger partial charge is 0.303 e. The van der Waals surface area contributed by atoms with Gasteiger partial charge in [0.2, 0.25) is 0 Å². The minimum absolute atomic E-state index is 0.0795. The van der Waals surface area contributed by atoms with Gasteiger partial charge in [0.05, 0.1) is 0 Å². The summed E-state index contributed by atoms with van der Waals surface area (Å²) in [5.74, 6) is 0.626. The van der Waals surface area contributed by atoms with Crippen molar-refractivity contribution in [1.29, 1.82) is 0 Å². The summed E-state index contributed by atoms with van der Waals surface area (Å²) in [5, 5.41) is 0. The number of hydrogen-bond acceptors (Lipinski definition) is 1. The van der Waals surface area contributed by atoms with Crippen LogP contribution in [0.5, 0.6) is 0 Å². The standard InChI is InChI=1S/C14H17BrO/c15-14-9-5-4-8-12(14)13(10-16)11-6-2-1-3-7-11/h4-5,8-11,13H,1-3,6-7H2. The van der Waals surface area contributed by atoms with Crippen LogP contribution in [-0.4, -0.2) is 6.29 Å². The highest BCUT2D eigenvalue weighted by Crippen LogP contribution is 2.37. The van der Waals surface area contributed by atoms with Gasteiger partial charge in [-0.15, -0.1) is 0 Å². The minimum atomic E-state index is 0.0795. The van der Waals surface area contributed by atoms with Crippen LogP contribution < -0.4 is 0 Å². The van der Waals surface area contributed by atoms with Crippen molar-refractivity contribution in [3.8, 4) is 0 Å². The van der Waals surface area contributed by atoms with Crippen molar-refractivity contribution >= 4 is 22.2 Å². The maximum atomic E-state index is 11.3. The molecule has 0 saturated heterocycles. The number of carbonyl (C=O) groups excluding carboxylic acids is 1. The molecule has 0 spiro atoms. The van der Waals surface area contributed by atoms with E-state index >= 15 is 0 Å². The van der Waals surface area contributed by atoms with Gasteiger partial charge in [0.1, 0.15) is 6.29 Å². The zero-order chi connectivity index (χ0) is 11.4. The average Bonchev–Trinajstić information content (AvgIpc) is 2.34. The fourth-order valence-corrected chi connectivity index (χ4v) is 3.23. The van der Waals surface area contributed by atoms with Crippen LogP contribution in [0.3, 0.4) is 0 Å². The number of hydrogen-bond donors (Lipinski definition) is 0. The Labute approximate surface area is 105 Å². The van der Waals surface area contributed by atoms with Gasteiger partial charge in [0, 0.05) is 10.4 Å². The maximum absolute atomic E-state index is 11.3. The second kappa shape index (κ2) is 5.62. The molecule has 0 heterocycles. The molecule has 1 aromatic rings. The Hall–Kier alpha value is -0.630. The molecule has 1 unspecified atom stereocenters. The van der Waals surface area contributed by atoms with Crippen molar-refractivity contribution in [2.75, 3.05) is 0 Å². The number of rotatable bonds is 3. The molecule has 0 amide bonds. The third kappa shape index (κ3) is 2.54. The van der Waals surface area contributed by atoms with Crippen LogP contribution in [0.15, 0.2) is 28.7 Å². The second-order valence-electron chi connectivity index (χ2n) is 4.58. The first kappa shape index (κ1) is 11.8. The molecule has 0 bridgehead atoms. The highest BCUT2D eigenvalue weighted by molar-refractivity contribution is 9.10. The first-order valence-corrected chi connectivity index (χ1v) is 6.82. The second-order valence-corrected chi connectivity index (χ2v) is 5.44. The lowest BCUT2D eigenvalue weighted by molar-refractivity contribution is -0.110. The van der Waals surface area contributed by atoms with Gasteiger partial charge in [-0.2, -0.15) is 0 Å². The van der Waals surface area contributed by atoms with Gasteiger partial charge in [-0.05, 0) is 30.4 Å². The lowest BCUT2D eigenvalue weighted by atomic mass is 9.77. The van der Waals surface area contributed by atoms with Gasteiger partial charge in [0.15, 0.2) is 0 Å². The molecule has 1 aromatic carbocycles. The summed E-state index contributed by atoms with van der Waals surface area (Å²) in [5.41, 5.74) is 1.16. The van der Waals surface area contributed by atoms with Crippen LogP contribution in [0.25, 0.3) is 0 Å². The summed E-state index contributed by atoms with van der Waals surface area (Å²) in [4.78, 5) is 11.3. The molecule has 0 radical (unpaired) electrons. The zero-order valence-corrected chi connectivity index (χ0v) is 10.9. The van der Waals surface area contributed by atoms with Crippen molar-refractivity contribution < 1.29 is 4.79 Å². The van der Waals surface area contributed by atoms with Gasteiger partial charge < -0.3 is 4.79 Å². The van der Waals surface area contributed by atoms with Gasteiger partial charge in [0.25, 0.3) is 0 Å². The number of benzene rings is 1. The van der Waals surface area contributed by atoms with Crippen LogP contribution in [-0.2, 0) is 4.79 Å². The minimum Gasteiger partial charge on any atom is -0.303 e.